The first-order chi connectivity index (χ1) is 12.1. The van der Waals surface area contributed by atoms with E-state index in [1.54, 1.807) is 24.7 Å². The average Bonchev–Trinajstić information content (AvgIpc) is 2.64. The maximum atomic E-state index is 12.4. The number of rotatable bonds is 5. The molecule has 0 aliphatic heterocycles. The number of anilines is 2. The van der Waals surface area contributed by atoms with Crippen molar-refractivity contribution >= 4 is 17.3 Å². The number of nitrogens with one attached hydrogen (secondary N) is 2. The number of hydrogen-bond acceptors (Lipinski definition) is 4. The zero-order valence-electron chi connectivity index (χ0n) is 14.3. The van der Waals surface area contributed by atoms with E-state index in [4.69, 9.17) is 0 Å². The van der Waals surface area contributed by atoms with Gasteiger partial charge in [-0.15, -0.1) is 0 Å². The molecule has 3 rings (SSSR count). The van der Waals surface area contributed by atoms with Crippen LogP contribution in [-0.4, -0.2) is 15.9 Å². The number of para-hydroxylation sites is 1. The quantitative estimate of drug-likeness (QED) is 0.742. The van der Waals surface area contributed by atoms with Crippen molar-refractivity contribution in [3.63, 3.8) is 0 Å². The standard InChI is InChI=1S/C20H20N4O/c1-14-4-3-5-15(2)19(14)24-20(25)18-7-6-17(13-23-18)22-12-16-8-10-21-11-9-16/h3-11,13,22H,12H2,1-2H3,(H,24,25). The van der Waals surface area contributed by atoms with Gasteiger partial charge in [0.1, 0.15) is 5.69 Å². The van der Waals surface area contributed by atoms with Crippen LogP contribution in [0, 0.1) is 13.8 Å². The van der Waals surface area contributed by atoms with Gasteiger partial charge in [0.2, 0.25) is 0 Å². The molecule has 126 valence electrons. The second-order valence-electron chi connectivity index (χ2n) is 5.86. The molecule has 5 nitrogen and oxygen atoms in total. The van der Waals surface area contributed by atoms with E-state index in [9.17, 15) is 4.79 Å². The zero-order valence-corrected chi connectivity index (χ0v) is 14.3. The van der Waals surface area contributed by atoms with Crippen molar-refractivity contribution in [2.75, 3.05) is 10.6 Å². The number of benzene rings is 1. The van der Waals surface area contributed by atoms with Gasteiger partial charge in [0.25, 0.3) is 5.91 Å². The smallest absolute Gasteiger partial charge is 0.274 e. The topological polar surface area (TPSA) is 66.9 Å². The van der Waals surface area contributed by atoms with Crippen molar-refractivity contribution in [2.45, 2.75) is 20.4 Å². The Labute approximate surface area is 147 Å². The van der Waals surface area contributed by atoms with Crippen LogP contribution in [0.2, 0.25) is 0 Å². The van der Waals surface area contributed by atoms with Gasteiger partial charge in [0, 0.05) is 24.6 Å². The van der Waals surface area contributed by atoms with Crippen molar-refractivity contribution in [3.05, 3.63) is 83.4 Å². The Morgan fingerprint density at radius 3 is 2.36 bits per heavy atom. The molecule has 0 fully saturated rings. The Morgan fingerprint density at radius 1 is 1.00 bits per heavy atom. The molecule has 0 spiro atoms. The highest BCUT2D eigenvalue weighted by Crippen LogP contribution is 2.20. The third kappa shape index (κ3) is 4.20. The van der Waals surface area contributed by atoms with Crippen LogP contribution in [0.4, 0.5) is 11.4 Å². The van der Waals surface area contributed by atoms with Gasteiger partial charge in [-0.25, -0.2) is 4.98 Å². The molecule has 2 N–H and O–H groups in total. The molecule has 0 bridgehead atoms. The third-order valence-corrected chi connectivity index (χ3v) is 3.96. The minimum Gasteiger partial charge on any atom is -0.380 e. The molecule has 0 atom stereocenters. The van der Waals surface area contributed by atoms with Crippen molar-refractivity contribution in [1.82, 2.24) is 9.97 Å². The van der Waals surface area contributed by atoms with Crippen LogP contribution in [0.25, 0.3) is 0 Å². The van der Waals surface area contributed by atoms with Gasteiger partial charge in [-0.05, 0) is 54.8 Å². The molecule has 2 aromatic heterocycles. The van der Waals surface area contributed by atoms with Crippen LogP contribution in [0.15, 0.2) is 61.1 Å². The van der Waals surface area contributed by atoms with Gasteiger partial charge in [0.15, 0.2) is 0 Å². The maximum Gasteiger partial charge on any atom is 0.274 e. The Hall–Kier alpha value is -3.21. The lowest BCUT2D eigenvalue weighted by molar-refractivity contribution is 0.102. The molecule has 0 aliphatic rings. The molecular weight excluding hydrogens is 312 g/mol. The van der Waals surface area contributed by atoms with E-state index in [1.807, 2.05) is 50.2 Å². The number of aryl methyl sites for hydroxylation is 2. The number of pyridine rings is 2. The van der Waals surface area contributed by atoms with E-state index in [2.05, 4.69) is 20.6 Å². The molecular formula is C20H20N4O. The first kappa shape index (κ1) is 16.6. The van der Waals surface area contributed by atoms with Crippen molar-refractivity contribution in [1.29, 1.82) is 0 Å². The number of nitrogens with zero attached hydrogens (tertiary/aromatic N) is 2. The summed E-state index contributed by atoms with van der Waals surface area (Å²) in [5.74, 6) is -0.210. The van der Waals surface area contributed by atoms with Crippen LogP contribution < -0.4 is 10.6 Å². The summed E-state index contributed by atoms with van der Waals surface area (Å²) in [5, 5.41) is 6.22. The summed E-state index contributed by atoms with van der Waals surface area (Å²) in [5.41, 5.74) is 5.28. The SMILES string of the molecule is Cc1cccc(C)c1NC(=O)c1ccc(NCc2ccncc2)cn1. The van der Waals surface area contributed by atoms with Crippen molar-refractivity contribution < 1.29 is 4.79 Å². The summed E-state index contributed by atoms with van der Waals surface area (Å²) in [4.78, 5) is 20.7. The van der Waals surface area contributed by atoms with Crippen LogP contribution in [0.3, 0.4) is 0 Å². The monoisotopic (exact) mass is 332 g/mol. The molecule has 25 heavy (non-hydrogen) atoms. The zero-order chi connectivity index (χ0) is 17.6. The Balaban J connectivity index is 1.64. The van der Waals surface area contributed by atoms with E-state index in [0.29, 0.717) is 12.2 Å². The Kier molecular flexibility index (Phi) is 5.04. The molecule has 0 saturated carbocycles. The number of amides is 1. The summed E-state index contributed by atoms with van der Waals surface area (Å²) < 4.78 is 0. The fourth-order valence-electron chi connectivity index (χ4n) is 2.53. The third-order valence-electron chi connectivity index (χ3n) is 3.96. The second kappa shape index (κ2) is 7.57. The normalized spacial score (nSPS) is 10.3. The summed E-state index contributed by atoms with van der Waals surface area (Å²) >= 11 is 0. The van der Waals surface area contributed by atoms with Crippen LogP contribution in [-0.2, 0) is 6.54 Å². The van der Waals surface area contributed by atoms with Gasteiger partial charge >= 0.3 is 0 Å². The molecule has 0 radical (unpaired) electrons. The second-order valence-corrected chi connectivity index (χ2v) is 5.86. The summed E-state index contributed by atoms with van der Waals surface area (Å²) in [6.07, 6.45) is 5.19. The lowest BCUT2D eigenvalue weighted by atomic mass is 10.1. The number of aromatic nitrogens is 2. The average molecular weight is 332 g/mol. The van der Waals surface area contributed by atoms with E-state index in [-0.39, 0.29) is 5.91 Å². The highest BCUT2D eigenvalue weighted by atomic mass is 16.1. The van der Waals surface area contributed by atoms with E-state index >= 15 is 0 Å². The molecule has 5 heteroatoms. The first-order valence-electron chi connectivity index (χ1n) is 8.10. The molecule has 1 amide bonds. The fraction of sp³-hybridized carbons (Fsp3) is 0.150. The fourth-order valence-corrected chi connectivity index (χ4v) is 2.53. The van der Waals surface area contributed by atoms with E-state index < -0.39 is 0 Å². The molecule has 2 heterocycles. The lowest BCUT2D eigenvalue weighted by Crippen LogP contribution is -2.15. The predicted molar refractivity (Wildman–Crippen MR) is 99.7 cm³/mol. The first-order valence-corrected chi connectivity index (χ1v) is 8.10. The summed E-state index contributed by atoms with van der Waals surface area (Å²) in [7, 11) is 0. The molecule has 0 unspecified atom stereocenters. The highest BCUT2D eigenvalue weighted by Gasteiger charge is 2.10. The predicted octanol–water partition coefficient (Wildman–Crippen LogP) is 3.96. The Bertz CT molecular complexity index is 840. The van der Waals surface area contributed by atoms with Gasteiger partial charge in [0.05, 0.1) is 11.9 Å². The van der Waals surface area contributed by atoms with Crippen LogP contribution in [0.1, 0.15) is 27.2 Å². The number of carbonyl (C=O) groups is 1. The van der Waals surface area contributed by atoms with Crippen molar-refractivity contribution in [2.24, 2.45) is 0 Å². The Morgan fingerprint density at radius 2 is 1.72 bits per heavy atom. The molecule has 0 saturated heterocycles. The van der Waals surface area contributed by atoms with E-state index in [1.165, 1.54) is 0 Å². The number of hydrogen-bond donors (Lipinski definition) is 2. The molecule has 3 aromatic rings. The largest absolute Gasteiger partial charge is 0.380 e. The lowest BCUT2D eigenvalue weighted by Gasteiger charge is -2.11. The van der Waals surface area contributed by atoms with Crippen LogP contribution in [0.5, 0.6) is 0 Å². The minimum atomic E-state index is -0.210. The van der Waals surface area contributed by atoms with Gasteiger partial charge in [-0.1, -0.05) is 18.2 Å². The number of carbonyl (C=O) groups excluding carboxylic acids is 1. The molecule has 1 aromatic carbocycles. The van der Waals surface area contributed by atoms with Gasteiger partial charge in [-0.2, -0.15) is 0 Å². The minimum absolute atomic E-state index is 0.210. The van der Waals surface area contributed by atoms with E-state index in [0.717, 1.165) is 28.1 Å². The van der Waals surface area contributed by atoms with Gasteiger partial charge < -0.3 is 10.6 Å². The summed E-state index contributed by atoms with van der Waals surface area (Å²) in [6, 6.07) is 13.4. The summed E-state index contributed by atoms with van der Waals surface area (Å²) in [6.45, 7) is 4.63. The highest BCUT2D eigenvalue weighted by molar-refractivity contribution is 6.03. The van der Waals surface area contributed by atoms with Crippen LogP contribution >= 0.6 is 0 Å². The maximum absolute atomic E-state index is 12.4. The molecule has 0 aliphatic carbocycles. The van der Waals surface area contributed by atoms with Crippen molar-refractivity contribution in [3.8, 4) is 0 Å². The van der Waals surface area contributed by atoms with Gasteiger partial charge in [-0.3, -0.25) is 9.78 Å².